The van der Waals surface area contributed by atoms with Crippen molar-refractivity contribution >= 4 is 22.4 Å². The van der Waals surface area contributed by atoms with Gasteiger partial charge >= 0.3 is 0 Å². The smallest absolute Gasteiger partial charge is 0.244 e. The zero-order valence-electron chi connectivity index (χ0n) is 21.3. The highest BCUT2D eigenvalue weighted by Gasteiger charge is 2.15. The Hall–Kier alpha value is -3.83. The number of rotatable bonds is 10. The summed E-state index contributed by atoms with van der Waals surface area (Å²) in [5, 5.41) is 3.90. The number of carbonyl (C=O) groups is 1. The lowest BCUT2D eigenvalue weighted by Gasteiger charge is -2.11. The molecule has 3 aromatic carbocycles. The molecule has 0 aliphatic heterocycles. The normalized spacial score (nSPS) is 11.8. The van der Waals surface area contributed by atoms with E-state index >= 15 is 0 Å². The minimum absolute atomic E-state index is 0.136. The Kier molecular flexibility index (Phi) is 8.24. The van der Waals surface area contributed by atoms with Crippen molar-refractivity contribution in [2.75, 3.05) is 20.3 Å². The second-order valence-electron chi connectivity index (χ2n) is 9.03. The molecule has 0 spiro atoms. The molecule has 5 heteroatoms. The fraction of sp³-hybridized carbons (Fsp3) is 0.258. The maximum atomic E-state index is 12.5. The number of hydrogen-bond acceptors (Lipinski definition) is 4. The molecular formula is C31H33NO4. The van der Waals surface area contributed by atoms with E-state index in [1.807, 2.05) is 51.1 Å². The number of methoxy groups -OCH3 is 1. The fourth-order valence-electron chi connectivity index (χ4n) is 4.16. The number of ether oxygens (including phenoxy) is 2. The largest absolute Gasteiger partial charge is 0.496 e. The molecule has 0 saturated carbocycles. The maximum Gasteiger partial charge on any atom is 0.244 e. The van der Waals surface area contributed by atoms with E-state index in [2.05, 4.69) is 41.7 Å². The third kappa shape index (κ3) is 6.04. The van der Waals surface area contributed by atoms with Crippen LogP contribution in [0.15, 0.2) is 83.5 Å². The quantitative estimate of drug-likeness (QED) is 0.193. The first kappa shape index (κ1) is 25.3. The summed E-state index contributed by atoms with van der Waals surface area (Å²) in [4.78, 5) is 12.5. The van der Waals surface area contributed by atoms with E-state index in [9.17, 15) is 4.79 Å². The Labute approximate surface area is 212 Å². The minimum atomic E-state index is -0.136. The van der Waals surface area contributed by atoms with Crippen molar-refractivity contribution in [2.24, 2.45) is 0 Å². The molecule has 0 radical (unpaired) electrons. The summed E-state index contributed by atoms with van der Waals surface area (Å²) in [5.74, 6) is 0.526. The lowest BCUT2D eigenvalue weighted by atomic mass is 9.97. The molecule has 36 heavy (non-hydrogen) atoms. The Morgan fingerprint density at radius 2 is 1.69 bits per heavy atom. The van der Waals surface area contributed by atoms with Gasteiger partial charge in [0.15, 0.2) is 0 Å². The zero-order chi connectivity index (χ0) is 25.5. The van der Waals surface area contributed by atoms with Gasteiger partial charge in [-0.05, 0) is 55.5 Å². The van der Waals surface area contributed by atoms with Crippen LogP contribution in [0.3, 0.4) is 0 Å². The van der Waals surface area contributed by atoms with Gasteiger partial charge in [0, 0.05) is 41.8 Å². The maximum absolute atomic E-state index is 12.5. The Morgan fingerprint density at radius 1 is 1.00 bits per heavy atom. The molecule has 0 atom stereocenters. The molecule has 5 nitrogen and oxygen atoms in total. The zero-order valence-corrected chi connectivity index (χ0v) is 21.3. The molecule has 0 saturated heterocycles. The van der Waals surface area contributed by atoms with Gasteiger partial charge in [-0.2, -0.15) is 0 Å². The van der Waals surface area contributed by atoms with Crippen LogP contribution in [0.4, 0.5) is 0 Å². The summed E-state index contributed by atoms with van der Waals surface area (Å²) in [6.45, 7) is 7.11. The first-order valence-electron chi connectivity index (χ1n) is 12.3. The van der Waals surface area contributed by atoms with Gasteiger partial charge in [0.2, 0.25) is 5.91 Å². The highest BCUT2D eigenvalue weighted by atomic mass is 16.5. The Morgan fingerprint density at radius 3 is 2.39 bits per heavy atom. The van der Waals surface area contributed by atoms with Crippen LogP contribution < -0.4 is 10.1 Å². The number of carbonyl (C=O) groups excluding carboxylic acids is 1. The van der Waals surface area contributed by atoms with E-state index in [-0.39, 0.29) is 12.0 Å². The van der Waals surface area contributed by atoms with Gasteiger partial charge in [0.25, 0.3) is 0 Å². The summed E-state index contributed by atoms with van der Waals surface area (Å²) in [6, 6.07) is 22.7. The van der Waals surface area contributed by atoms with Gasteiger partial charge in [-0.3, -0.25) is 4.79 Å². The van der Waals surface area contributed by atoms with E-state index in [0.29, 0.717) is 18.9 Å². The van der Waals surface area contributed by atoms with Gasteiger partial charge in [0.1, 0.15) is 11.3 Å². The highest BCUT2D eigenvalue weighted by molar-refractivity contribution is 6.00. The predicted octanol–water partition coefficient (Wildman–Crippen LogP) is 7.11. The van der Waals surface area contributed by atoms with Crippen LogP contribution in [0.5, 0.6) is 5.75 Å². The van der Waals surface area contributed by atoms with Crippen LogP contribution >= 0.6 is 0 Å². The second kappa shape index (κ2) is 11.7. The van der Waals surface area contributed by atoms with Crippen LogP contribution in [-0.4, -0.2) is 32.3 Å². The SMILES string of the molecule is COc1cc2occ(-c3ccc(-c4ccccc4)cc3)c2cc1/C(C)=C/C(=O)NCCCOC(C)C. The summed E-state index contributed by atoms with van der Waals surface area (Å²) < 4.78 is 17.0. The first-order chi connectivity index (χ1) is 17.5. The van der Waals surface area contributed by atoms with Crippen molar-refractivity contribution in [2.45, 2.75) is 33.3 Å². The van der Waals surface area contributed by atoms with Crippen molar-refractivity contribution in [3.8, 4) is 28.0 Å². The molecule has 0 aliphatic carbocycles. The van der Waals surface area contributed by atoms with Crippen molar-refractivity contribution in [1.82, 2.24) is 5.32 Å². The van der Waals surface area contributed by atoms with Gasteiger partial charge in [0.05, 0.1) is 19.5 Å². The van der Waals surface area contributed by atoms with Crippen molar-refractivity contribution in [1.29, 1.82) is 0 Å². The molecule has 0 aliphatic rings. The average molecular weight is 484 g/mol. The molecule has 4 aromatic rings. The van der Waals surface area contributed by atoms with Crippen LogP contribution in [0.2, 0.25) is 0 Å². The minimum Gasteiger partial charge on any atom is -0.496 e. The predicted molar refractivity (Wildman–Crippen MR) is 146 cm³/mol. The number of nitrogens with one attached hydrogen (secondary N) is 1. The number of amides is 1. The molecule has 4 rings (SSSR count). The molecule has 0 unspecified atom stereocenters. The monoisotopic (exact) mass is 483 g/mol. The van der Waals surface area contributed by atoms with Crippen molar-refractivity contribution in [3.63, 3.8) is 0 Å². The van der Waals surface area contributed by atoms with E-state index in [1.54, 1.807) is 19.4 Å². The summed E-state index contributed by atoms with van der Waals surface area (Å²) in [7, 11) is 1.62. The van der Waals surface area contributed by atoms with E-state index in [4.69, 9.17) is 13.9 Å². The molecule has 186 valence electrons. The Balaban J connectivity index is 1.56. The van der Waals surface area contributed by atoms with E-state index < -0.39 is 0 Å². The third-order valence-corrected chi connectivity index (χ3v) is 6.04. The number of hydrogen-bond donors (Lipinski definition) is 1. The third-order valence-electron chi connectivity index (χ3n) is 6.04. The van der Waals surface area contributed by atoms with Gasteiger partial charge in [-0.1, -0.05) is 54.6 Å². The lowest BCUT2D eigenvalue weighted by molar-refractivity contribution is -0.116. The van der Waals surface area contributed by atoms with Gasteiger partial charge in [-0.15, -0.1) is 0 Å². The first-order valence-corrected chi connectivity index (χ1v) is 12.3. The Bertz CT molecular complexity index is 1330. The molecule has 1 aromatic heterocycles. The van der Waals surface area contributed by atoms with Crippen LogP contribution in [0.25, 0.3) is 38.8 Å². The standard InChI is InChI=1S/C31H33NO4/c1-21(2)35-16-8-15-32-31(33)17-22(3)26-18-27-28(20-36-30(27)19-29(26)34-4)25-13-11-24(12-14-25)23-9-6-5-7-10-23/h5-7,9-14,17-21H,8,15-16H2,1-4H3,(H,32,33)/b22-17+. The molecule has 1 heterocycles. The van der Waals surface area contributed by atoms with Crippen LogP contribution in [0.1, 0.15) is 32.8 Å². The van der Waals surface area contributed by atoms with Crippen molar-refractivity contribution < 1.29 is 18.7 Å². The van der Waals surface area contributed by atoms with Gasteiger partial charge in [-0.25, -0.2) is 0 Å². The number of allylic oxidation sites excluding steroid dienone is 1. The molecule has 1 N–H and O–H groups in total. The second-order valence-corrected chi connectivity index (χ2v) is 9.03. The van der Waals surface area contributed by atoms with Crippen LogP contribution in [0, 0.1) is 0 Å². The summed E-state index contributed by atoms with van der Waals surface area (Å²) in [5.41, 5.74) is 6.81. The number of benzene rings is 3. The summed E-state index contributed by atoms with van der Waals surface area (Å²) >= 11 is 0. The van der Waals surface area contributed by atoms with Crippen molar-refractivity contribution in [3.05, 3.63) is 84.6 Å². The summed E-state index contributed by atoms with van der Waals surface area (Å²) in [6.07, 6.45) is 4.35. The van der Waals surface area contributed by atoms with E-state index in [1.165, 1.54) is 5.56 Å². The lowest BCUT2D eigenvalue weighted by Crippen LogP contribution is -2.23. The van der Waals surface area contributed by atoms with Gasteiger partial charge < -0.3 is 19.2 Å². The molecule has 0 bridgehead atoms. The highest BCUT2D eigenvalue weighted by Crippen LogP contribution is 2.37. The average Bonchev–Trinajstić information content (AvgIpc) is 3.31. The van der Waals surface area contributed by atoms with E-state index in [0.717, 1.165) is 45.2 Å². The molecular weight excluding hydrogens is 450 g/mol. The molecule has 0 fully saturated rings. The fourth-order valence-corrected chi connectivity index (χ4v) is 4.16. The molecule has 1 amide bonds. The topological polar surface area (TPSA) is 60.7 Å². The number of furan rings is 1. The number of fused-ring (bicyclic) bond motifs is 1. The van der Waals surface area contributed by atoms with Crippen LogP contribution in [-0.2, 0) is 9.53 Å².